The van der Waals surface area contributed by atoms with Crippen molar-refractivity contribution in [2.75, 3.05) is 13.1 Å². The lowest BCUT2D eigenvalue weighted by Gasteiger charge is -2.20. The molecule has 0 unspecified atom stereocenters. The van der Waals surface area contributed by atoms with Gasteiger partial charge >= 0.3 is 5.97 Å². The lowest BCUT2D eigenvalue weighted by atomic mass is 10.2. The van der Waals surface area contributed by atoms with E-state index in [-0.39, 0.29) is 6.42 Å². The van der Waals surface area contributed by atoms with Gasteiger partial charge in [-0.1, -0.05) is 6.92 Å². The molecular weight excluding hydrogens is 204 g/mol. The van der Waals surface area contributed by atoms with Gasteiger partial charge in [0, 0.05) is 25.5 Å². The van der Waals surface area contributed by atoms with Crippen LogP contribution in [0.25, 0.3) is 0 Å². The number of nitrogens with zero attached hydrogens (tertiary/aromatic N) is 2. The molecule has 0 spiro atoms. The summed E-state index contributed by atoms with van der Waals surface area (Å²) in [7, 11) is 0. The Morgan fingerprint density at radius 2 is 2.06 bits per heavy atom. The number of aliphatic carboxylic acids is 1. The number of hydrogen-bond acceptors (Lipinski definition) is 3. The molecule has 88 valence electrons. The van der Waals surface area contributed by atoms with E-state index in [1.165, 1.54) is 5.56 Å². The van der Waals surface area contributed by atoms with E-state index in [2.05, 4.69) is 16.8 Å². The molecule has 4 heteroatoms. The molecule has 0 aliphatic carbocycles. The van der Waals surface area contributed by atoms with E-state index in [4.69, 9.17) is 5.11 Å². The first kappa shape index (κ1) is 12.6. The third kappa shape index (κ3) is 4.89. The molecule has 0 saturated carbocycles. The van der Waals surface area contributed by atoms with E-state index in [1.807, 2.05) is 12.1 Å². The number of pyridine rings is 1. The molecule has 1 heterocycles. The van der Waals surface area contributed by atoms with Crippen molar-refractivity contribution in [2.24, 2.45) is 0 Å². The molecule has 1 rings (SSSR count). The largest absolute Gasteiger partial charge is 0.481 e. The quantitative estimate of drug-likeness (QED) is 0.764. The fourth-order valence-corrected chi connectivity index (χ4v) is 1.59. The summed E-state index contributed by atoms with van der Waals surface area (Å²) < 4.78 is 0. The van der Waals surface area contributed by atoms with Gasteiger partial charge in [0.15, 0.2) is 0 Å². The van der Waals surface area contributed by atoms with Crippen molar-refractivity contribution in [1.29, 1.82) is 0 Å². The summed E-state index contributed by atoms with van der Waals surface area (Å²) in [6.45, 7) is 4.42. The van der Waals surface area contributed by atoms with Crippen LogP contribution in [-0.4, -0.2) is 34.0 Å². The number of hydrogen-bond donors (Lipinski definition) is 1. The minimum Gasteiger partial charge on any atom is -0.481 e. The Labute approximate surface area is 95.9 Å². The molecule has 0 aromatic carbocycles. The first-order chi connectivity index (χ1) is 7.72. The second-order valence-corrected chi connectivity index (χ2v) is 3.78. The Kier molecular flexibility index (Phi) is 5.50. The first-order valence-corrected chi connectivity index (χ1v) is 5.55. The summed E-state index contributed by atoms with van der Waals surface area (Å²) in [4.78, 5) is 16.6. The Morgan fingerprint density at radius 1 is 1.38 bits per heavy atom. The highest BCUT2D eigenvalue weighted by molar-refractivity contribution is 5.66. The van der Waals surface area contributed by atoms with Gasteiger partial charge in [0.2, 0.25) is 0 Å². The van der Waals surface area contributed by atoms with Crippen LogP contribution in [0.2, 0.25) is 0 Å². The maximum Gasteiger partial charge on any atom is 0.304 e. The molecule has 16 heavy (non-hydrogen) atoms. The highest BCUT2D eigenvalue weighted by Gasteiger charge is 2.07. The van der Waals surface area contributed by atoms with Gasteiger partial charge in [-0.2, -0.15) is 0 Å². The van der Waals surface area contributed by atoms with E-state index < -0.39 is 5.97 Å². The maximum atomic E-state index is 10.5. The number of rotatable bonds is 7. The van der Waals surface area contributed by atoms with E-state index in [9.17, 15) is 4.79 Å². The van der Waals surface area contributed by atoms with Crippen molar-refractivity contribution < 1.29 is 9.90 Å². The van der Waals surface area contributed by atoms with E-state index >= 15 is 0 Å². The van der Waals surface area contributed by atoms with Crippen LogP contribution in [0, 0.1) is 0 Å². The highest BCUT2D eigenvalue weighted by atomic mass is 16.4. The lowest BCUT2D eigenvalue weighted by molar-refractivity contribution is -0.137. The summed E-state index contributed by atoms with van der Waals surface area (Å²) >= 11 is 0. The van der Waals surface area contributed by atoms with Crippen LogP contribution in [0.5, 0.6) is 0 Å². The van der Waals surface area contributed by atoms with Crippen LogP contribution in [0.3, 0.4) is 0 Å². The van der Waals surface area contributed by atoms with Crippen molar-refractivity contribution in [2.45, 2.75) is 26.3 Å². The second-order valence-electron chi connectivity index (χ2n) is 3.78. The summed E-state index contributed by atoms with van der Waals surface area (Å²) in [5.41, 5.74) is 1.17. The molecular formula is C12H18N2O2. The van der Waals surface area contributed by atoms with Crippen LogP contribution in [0.15, 0.2) is 24.5 Å². The molecule has 0 aliphatic heterocycles. The van der Waals surface area contributed by atoms with Crippen LogP contribution >= 0.6 is 0 Å². The van der Waals surface area contributed by atoms with E-state index in [0.717, 1.165) is 19.5 Å². The van der Waals surface area contributed by atoms with Crippen molar-refractivity contribution in [3.05, 3.63) is 30.1 Å². The second kappa shape index (κ2) is 6.95. The fraction of sp³-hybridized carbons (Fsp3) is 0.500. The topological polar surface area (TPSA) is 53.4 Å². The van der Waals surface area contributed by atoms with Crippen LogP contribution in [0.1, 0.15) is 25.3 Å². The van der Waals surface area contributed by atoms with Crippen molar-refractivity contribution in [3.8, 4) is 0 Å². The monoisotopic (exact) mass is 222 g/mol. The molecule has 0 radical (unpaired) electrons. The zero-order valence-electron chi connectivity index (χ0n) is 9.59. The van der Waals surface area contributed by atoms with Crippen molar-refractivity contribution in [3.63, 3.8) is 0 Å². The third-order valence-corrected chi connectivity index (χ3v) is 2.34. The number of aromatic nitrogens is 1. The first-order valence-electron chi connectivity index (χ1n) is 5.55. The SMILES string of the molecule is CCCN(CCC(=O)O)Cc1ccncc1. The molecule has 1 aromatic heterocycles. The molecule has 1 aromatic rings. The molecule has 1 N–H and O–H groups in total. The van der Waals surface area contributed by atoms with Crippen molar-refractivity contribution >= 4 is 5.97 Å². The number of carboxylic acid groups (broad SMARTS) is 1. The molecule has 4 nitrogen and oxygen atoms in total. The lowest BCUT2D eigenvalue weighted by Crippen LogP contribution is -2.26. The van der Waals surface area contributed by atoms with Crippen LogP contribution in [0.4, 0.5) is 0 Å². The smallest absolute Gasteiger partial charge is 0.304 e. The predicted molar refractivity (Wildman–Crippen MR) is 62.1 cm³/mol. The zero-order chi connectivity index (χ0) is 11.8. The number of carboxylic acids is 1. The van der Waals surface area contributed by atoms with Gasteiger partial charge in [-0.15, -0.1) is 0 Å². The van der Waals surface area contributed by atoms with Gasteiger partial charge < -0.3 is 5.11 Å². The van der Waals surface area contributed by atoms with Crippen LogP contribution < -0.4 is 0 Å². The van der Waals surface area contributed by atoms with Gasteiger partial charge in [0.05, 0.1) is 6.42 Å². The third-order valence-electron chi connectivity index (χ3n) is 2.34. The normalized spacial score (nSPS) is 10.6. The Hall–Kier alpha value is -1.42. The summed E-state index contributed by atoms with van der Waals surface area (Å²) in [6.07, 6.45) is 4.75. The highest BCUT2D eigenvalue weighted by Crippen LogP contribution is 2.04. The maximum absolute atomic E-state index is 10.5. The summed E-state index contributed by atoms with van der Waals surface area (Å²) in [5, 5.41) is 8.66. The van der Waals surface area contributed by atoms with Gasteiger partial charge in [0.25, 0.3) is 0 Å². The minimum atomic E-state index is -0.740. The average molecular weight is 222 g/mol. The summed E-state index contributed by atoms with van der Waals surface area (Å²) in [5.74, 6) is -0.740. The van der Waals surface area contributed by atoms with Gasteiger partial charge in [0.1, 0.15) is 0 Å². The molecule has 0 amide bonds. The van der Waals surface area contributed by atoms with Crippen molar-refractivity contribution in [1.82, 2.24) is 9.88 Å². The number of carbonyl (C=O) groups is 1. The zero-order valence-corrected chi connectivity index (χ0v) is 9.59. The Bertz CT molecular complexity index is 314. The van der Waals surface area contributed by atoms with Gasteiger partial charge in [-0.25, -0.2) is 0 Å². The van der Waals surface area contributed by atoms with Gasteiger partial charge in [-0.3, -0.25) is 14.7 Å². The van der Waals surface area contributed by atoms with E-state index in [0.29, 0.717) is 6.54 Å². The van der Waals surface area contributed by atoms with Crippen LogP contribution in [-0.2, 0) is 11.3 Å². The average Bonchev–Trinajstić information content (AvgIpc) is 2.27. The fourth-order valence-electron chi connectivity index (χ4n) is 1.59. The minimum absolute atomic E-state index is 0.199. The Morgan fingerprint density at radius 3 is 2.62 bits per heavy atom. The molecule has 0 atom stereocenters. The predicted octanol–water partition coefficient (Wildman–Crippen LogP) is 1.77. The standard InChI is InChI=1S/C12H18N2O2/c1-2-8-14(9-5-12(15)16)10-11-3-6-13-7-4-11/h3-4,6-7H,2,5,8-10H2,1H3,(H,15,16). The molecule has 0 fully saturated rings. The Balaban J connectivity index is 2.47. The summed E-state index contributed by atoms with van der Waals surface area (Å²) in [6, 6.07) is 3.92. The molecule has 0 saturated heterocycles. The molecule has 0 bridgehead atoms. The van der Waals surface area contributed by atoms with Gasteiger partial charge in [-0.05, 0) is 30.7 Å². The molecule has 0 aliphatic rings. The van der Waals surface area contributed by atoms with E-state index in [1.54, 1.807) is 12.4 Å².